The second-order valence-corrected chi connectivity index (χ2v) is 7.28. The summed E-state index contributed by atoms with van der Waals surface area (Å²) in [6.45, 7) is 2.09. The lowest BCUT2D eigenvalue weighted by molar-refractivity contribution is 0.0985. The number of para-hydroxylation sites is 2. The predicted octanol–water partition coefficient (Wildman–Crippen LogP) is 5.34. The number of pyridine rings is 1. The van der Waals surface area contributed by atoms with Gasteiger partial charge in [0.25, 0.3) is 11.5 Å². The summed E-state index contributed by atoms with van der Waals surface area (Å²) in [6.07, 6.45) is 0. The average molecular weight is 403 g/mol. The molecular weight excluding hydrogens is 384 g/mol. The van der Waals surface area contributed by atoms with Crippen molar-refractivity contribution in [2.24, 2.45) is 0 Å². The van der Waals surface area contributed by atoms with Gasteiger partial charge in [0.1, 0.15) is 0 Å². The fourth-order valence-electron chi connectivity index (χ4n) is 3.38. The quantitative estimate of drug-likeness (QED) is 0.501. The van der Waals surface area contributed by atoms with Crippen LogP contribution in [0.15, 0.2) is 83.7 Å². The van der Waals surface area contributed by atoms with E-state index in [2.05, 4.69) is 4.98 Å². The molecule has 0 radical (unpaired) electrons. The van der Waals surface area contributed by atoms with E-state index in [1.54, 1.807) is 29.2 Å². The van der Waals surface area contributed by atoms with Gasteiger partial charge >= 0.3 is 0 Å². The molecule has 4 nitrogen and oxygen atoms in total. The number of halogens is 1. The third-order valence-electron chi connectivity index (χ3n) is 4.91. The van der Waals surface area contributed by atoms with Crippen LogP contribution in [0.25, 0.3) is 10.9 Å². The van der Waals surface area contributed by atoms with Crippen LogP contribution >= 0.6 is 11.6 Å². The van der Waals surface area contributed by atoms with Gasteiger partial charge in [-0.25, -0.2) is 0 Å². The first-order chi connectivity index (χ1) is 14.0. The van der Waals surface area contributed by atoms with Crippen molar-refractivity contribution in [2.45, 2.75) is 13.5 Å². The van der Waals surface area contributed by atoms with Crippen molar-refractivity contribution >= 4 is 34.1 Å². The molecule has 4 rings (SSSR count). The standard InChI is InChI=1S/C24H19ClN2O2/c1-16-8-7-9-17-14-18(23(28)26-22(16)17)15-27(19-10-3-2-4-11-19)24(29)20-12-5-6-13-21(20)25/h2-14H,15H2,1H3,(H,26,28). The number of benzene rings is 3. The SMILES string of the molecule is Cc1cccc2cc(CN(C(=O)c3ccccc3Cl)c3ccccc3)c(=O)[nH]c12. The van der Waals surface area contributed by atoms with E-state index in [1.807, 2.05) is 61.5 Å². The molecule has 0 spiro atoms. The Hall–Kier alpha value is -3.37. The molecule has 144 valence electrons. The molecule has 1 amide bonds. The molecule has 29 heavy (non-hydrogen) atoms. The van der Waals surface area contributed by atoms with Gasteiger partial charge < -0.3 is 9.88 Å². The Morgan fingerprint density at radius 1 is 0.966 bits per heavy atom. The van der Waals surface area contributed by atoms with E-state index in [9.17, 15) is 9.59 Å². The van der Waals surface area contributed by atoms with Crippen LogP contribution < -0.4 is 10.5 Å². The number of amides is 1. The number of aryl methyl sites for hydroxylation is 1. The zero-order chi connectivity index (χ0) is 20.4. The normalized spacial score (nSPS) is 10.8. The Labute approximate surface area is 173 Å². The second kappa shape index (κ2) is 7.94. The van der Waals surface area contributed by atoms with E-state index in [0.717, 1.165) is 16.5 Å². The smallest absolute Gasteiger partial charge is 0.260 e. The molecule has 0 fully saturated rings. The van der Waals surface area contributed by atoms with Crippen LogP contribution in [-0.2, 0) is 6.54 Å². The molecule has 1 N–H and O–H groups in total. The first-order valence-electron chi connectivity index (χ1n) is 9.27. The van der Waals surface area contributed by atoms with Crippen molar-refractivity contribution in [1.29, 1.82) is 0 Å². The van der Waals surface area contributed by atoms with Gasteiger partial charge in [0.05, 0.1) is 22.6 Å². The summed E-state index contributed by atoms with van der Waals surface area (Å²) < 4.78 is 0. The summed E-state index contributed by atoms with van der Waals surface area (Å²) in [4.78, 5) is 30.6. The minimum Gasteiger partial charge on any atom is -0.321 e. The number of nitrogens with zero attached hydrogens (tertiary/aromatic N) is 1. The van der Waals surface area contributed by atoms with Gasteiger partial charge in [0, 0.05) is 11.3 Å². The number of carbonyl (C=O) groups excluding carboxylic acids is 1. The molecular formula is C24H19ClN2O2. The molecule has 0 aliphatic heterocycles. The number of hydrogen-bond donors (Lipinski definition) is 1. The number of rotatable bonds is 4. The number of carbonyl (C=O) groups is 1. The Bertz CT molecular complexity index is 1250. The third kappa shape index (κ3) is 3.80. The van der Waals surface area contributed by atoms with Crippen molar-refractivity contribution in [3.05, 3.63) is 111 Å². The monoisotopic (exact) mass is 402 g/mol. The highest BCUT2D eigenvalue weighted by Crippen LogP contribution is 2.24. The summed E-state index contributed by atoms with van der Waals surface area (Å²) in [5.74, 6) is -0.259. The average Bonchev–Trinajstić information content (AvgIpc) is 2.73. The van der Waals surface area contributed by atoms with Crippen LogP contribution in [0.5, 0.6) is 0 Å². The molecule has 0 bridgehead atoms. The van der Waals surface area contributed by atoms with E-state index < -0.39 is 0 Å². The lowest BCUT2D eigenvalue weighted by Crippen LogP contribution is -2.33. The second-order valence-electron chi connectivity index (χ2n) is 6.87. The molecule has 5 heteroatoms. The number of hydrogen-bond acceptors (Lipinski definition) is 2. The highest BCUT2D eigenvalue weighted by Gasteiger charge is 2.21. The van der Waals surface area contributed by atoms with E-state index >= 15 is 0 Å². The number of fused-ring (bicyclic) bond motifs is 1. The van der Waals surface area contributed by atoms with Crippen molar-refractivity contribution in [3.63, 3.8) is 0 Å². The third-order valence-corrected chi connectivity index (χ3v) is 5.24. The van der Waals surface area contributed by atoms with E-state index in [4.69, 9.17) is 11.6 Å². The van der Waals surface area contributed by atoms with E-state index in [0.29, 0.717) is 21.8 Å². The van der Waals surface area contributed by atoms with Crippen LogP contribution in [0.2, 0.25) is 5.02 Å². The largest absolute Gasteiger partial charge is 0.321 e. The van der Waals surface area contributed by atoms with Crippen LogP contribution in [0.1, 0.15) is 21.5 Å². The minimum absolute atomic E-state index is 0.132. The Morgan fingerprint density at radius 2 is 1.69 bits per heavy atom. The fraction of sp³-hybridized carbons (Fsp3) is 0.0833. The number of anilines is 1. The van der Waals surface area contributed by atoms with Gasteiger partial charge in [-0.1, -0.05) is 60.1 Å². The first-order valence-corrected chi connectivity index (χ1v) is 9.65. The molecule has 3 aromatic carbocycles. The number of aromatic nitrogens is 1. The Balaban J connectivity index is 1.80. The molecule has 1 heterocycles. The van der Waals surface area contributed by atoms with Gasteiger partial charge in [-0.2, -0.15) is 0 Å². The maximum absolute atomic E-state index is 13.3. The van der Waals surface area contributed by atoms with Crippen molar-refractivity contribution < 1.29 is 4.79 Å². The number of aromatic amines is 1. The molecule has 1 aromatic heterocycles. The van der Waals surface area contributed by atoms with Crippen molar-refractivity contribution in [2.75, 3.05) is 4.90 Å². The van der Waals surface area contributed by atoms with E-state index in [-0.39, 0.29) is 18.0 Å². The predicted molar refractivity (Wildman–Crippen MR) is 118 cm³/mol. The minimum atomic E-state index is -0.259. The first kappa shape index (κ1) is 19.0. The van der Waals surface area contributed by atoms with Gasteiger partial charge in [-0.15, -0.1) is 0 Å². The lowest BCUT2D eigenvalue weighted by Gasteiger charge is -2.23. The topological polar surface area (TPSA) is 53.2 Å². The summed E-state index contributed by atoms with van der Waals surface area (Å²) in [6, 6.07) is 23.9. The summed E-state index contributed by atoms with van der Waals surface area (Å²) >= 11 is 6.27. The molecule has 0 aliphatic carbocycles. The van der Waals surface area contributed by atoms with Crippen LogP contribution in [-0.4, -0.2) is 10.9 Å². The molecule has 0 atom stereocenters. The van der Waals surface area contributed by atoms with Crippen LogP contribution in [0.4, 0.5) is 5.69 Å². The number of H-pyrrole nitrogens is 1. The Kier molecular flexibility index (Phi) is 5.19. The number of nitrogens with one attached hydrogen (secondary N) is 1. The lowest BCUT2D eigenvalue weighted by atomic mass is 10.1. The highest BCUT2D eigenvalue weighted by molar-refractivity contribution is 6.34. The molecule has 0 unspecified atom stereocenters. The van der Waals surface area contributed by atoms with Crippen molar-refractivity contribution in [3.8, 4) is 0 Å². The van der Waals surface area contributed by atoms with Gasteiger partial charge in [-0.05, 0) is 48.2 Å². The van der Waals surface area contributed by atoms with Gasteiger partial charge in [0.15, 0.2) is 0 Å². The highest BCUT2D eigenvalue weighted by atomic mass is 35.5. The molecule has 0 aliphatic rings. The molecule has 0 saturated carbocycles. The van der Waals surface area contributed by atoms with Crippen LogP contribution in [0, 0.1) is 6.92 Å². The summed E-state index contributed by atoms with van der Waals surface area (Å²) in [5, 5.41) is 1.30. The molecule has 4 aromatic rings. The van der Waals surface area contributed by atoms with E-state index in [1.165, 1.54) is 0 Å². The maximum atomic E-state index is 13.3. The zero-order valence-corrected chi connectivity index (χ0v) is 16.6. The fourth-order valence-corrected chi connectivity index (χ4v) is 3.60. The molecule has 0 saturated heterocycles. The van der Waals surface area contributed by atoms with Crippen LogP contribution in [0.3, 0.4) is 0 Å². The summed E-state index contributed by atoms with van der Waals surface area (Å²) in [5.41, 5.74) is 3.20. The van der Waals surface area contributed by atoms with Crippen molar-refractivity contribution in [1.82, 2.24) is 4.98 Å². The summed E-state index contributed by atoms with van der Waals surface area (Å²) in [7, 11) is 0. The maximum Gasteiger partial charge on any atom is 0.260 e. The zero-order valence-electron chi connectivity index (χ0n) is 15.9. The van der Waals surface area contributed by atoms with Gasteiger partial charge in [-0.3, -0.25) is 9.59 Å². The van der Waals surface area contributed by atoms with Gasteiger partial charge in [0.2, 0.25) is 0 Å². The Morgan fingerprint density at radius 3 is 2.45 bits per heavy atom.